The molecule has 1 saturated carbocycles. The number of esters is 1. The normalized spacial score (nSPS) is 27.0. The summed E-state index contributed by atoms with van der Waals surface area (Å²) in [5, 5.41) is 1.88. The van der Waals surface area contributed by atoms with Gasteiger partial charge in [-0.25, -0.2) is 0 Å². The lowest BCUT2D eigenvalue weighted by atomic mass is 9.85. The molecule has 3 atom stereocenters. The van der Waals surface area contributed by atoms with Gasteiger partial charge in [-0.3, -0.25) is 14.4 Å². The minimum Gasteiger partial charge on any atom is -0.425 e. The molecule has 5 heteroatoms. The summed E-state index contributed by atoms with van der Waals surface area (Å²) in [6, 6.07) is 18.4. The van der Waals surface area contributed by atoms with Crippen molar-refractivity contribution in [2.24, 2.45) is 10.8 Å². The molecular weight excluding hydrogens is 432 g/mol. The van der Waals surface area contributed by atoms with E-state index in [4.69, 9.17) is 4.74 Å². The van der Waals surface area contributed by atoms with Crippen molar-refractivity contribution in [3.63, 3.8) is 0 Å². The number of hydrogen-bond acceptors (Lipinski definition) is 4. The van der Waals surface area contributed by atoms with E-state index in [0.29, 0.717) is 11.3 Å². The molecule has 1 heterocycles. The molecule has 4 nitrogen and oxygen atoms in total. The Bertz CT molecular complexity index is 1230. The first-order valence-electron chi connectivity index (χ1n) is 9.39. The number of ether oxygens (including phenoxy) is 1. The van der Waals surface area contributed by atoms with E-state index in [9.17, 15) is 14.4 Å². The number of hydrogen-bond donors (Lipinski definition) is 0. The van der Waals surface area contributed by atoms with E-state index in [1.807, 2.05) is 30.3 Å². The van der Waals surface area contributed by atoms with Crippen LogP contribution in [0.2, 0.25) is 0 Å². The van der Waals surface area contributed by atoms with Gasteiger partial charge < -0.3 is 4.74 Å². The van der Waals surface area contributed by atoms with Crippen molar-refractivity contribution in [1.29, 1.82) is 0 Å². The average Bonchev–Trinajstić information content (AvgIpc) is 3.31. The Morgan fingerprint density at radius 2 is 1.69 bits per heavy atom. The second-order valence-corrected chi connectivity index (χ2v) is 8.84. The van der Waals surface area contributed by atoms with Crippen LogP contribution in [0.1, 0.15) is 35.7 Å². The molecule has 3 aromatic carbocycles. The molecule has 0 N–H and O–H groups in total. The zero-order chi connectivity index (χ0) is 20.6. The zero-order valence-corrected chi connectivity index (χ0v) is 17.4. The number of carbonyl (C=O) groups is 3. The highest BCUT2D eigenvalue weighted by Crippen LogP contribution is 2.79. The van der Waals surface area contributed by atoms with Crippen LogP contribution in [-0.2, 0) is 9.59 Å². The van der Waals surface area contributed by atoms with Crippen LogP contribution >= 0.6 is 15.9 Å². The molecule has 0 bridgehead atoms. The Hall–Kier alpha value is -2.79. The van der Waals surface area contributed by atoms with E-state index in [2.05, 4.69) is 15.9 Å². The fraction of sp³-hybridized carbons (Fsp3) is 0.208. The summed E-state index contributed by atoms with van der Waals surface area (Å²) in [5.74, 6) is -1.30. The van der Waals surface area contributed by atoms with Crippen LogP contribution in [-0.4, -0.2) is 17.5 Å². The molecule has 0 amide bonds. The third-order valence-corrected chi connectivity index (χ3v) is 7.15. The molecule has 1 aliphatic heterocycles. The van der Waals surface area contributed by atoms with Crippen LogP contribution in [0, 0.1) is 10.8 Å². The maximum atomic E-state index is 13.6. The first-order valence-corrected chi connectivity index (χ1v) is 10.2. The molecular formula is C24H17BrO4. The summed E-state index contributed by atoms with van der Waals surface area (Å²) in [6.45, 7) is 3.10. The summed E-state index contributed by atoms with van der Waals surface area (Å²) < 4.78 is 6.49. The predicted octanol–water partition coefficient (Wildman–Crippen LogP) is 5.08. The molecule has 1 aliphatic carbocycles. The van der Waals surface area contributed by atoms with Crippen molar-refractivity contribution in [3.05, 3.63) is 76.3 Å². The van der Waals surface area contributed by atoms with Crippen molar-refractivity contribution < 1.29 is 19.1 Å². The SMILES string of the molecule is CC(=O)[C@]12C(=O)Oc3ccc4ccccc4c3[C@H]1[C@@]2(C)C(=O)c1ccc(Br)cc1. The van der Waals surface area contributed by atoms with E-state index in [0.717, 1.165) is 20.8 Å². The van der Waals surface area contributed by atoms with Gasteiger partial charge in [0.25, 0.3) is 0 Å². The van der Waals surface area contributed by atoms with Crippen LogP contribution in [0.25, 0.3) is 10.8 Å². The van der Waals surface area contributed by atoms with Crippen LogP contribution in [0.5, 0.6) is 5.75 Å². The van der Waals surface area contributed by atoms with Gasteiger partial charge >= 0.3 is 5.97 Å². The Balaban J connectivity index is 1.77. The average molecular weight is 449 g/mol. The summed E-state index contributed by atoms with van der Waals surface area (Å²) >= 11 is 3.37. The largest absolute Gasteiger partial charge is 0.425 e. The van der Waals surface area contributed by atoms with E-state index >= 15 is 0 Å². The summed E-state index contributed by atoms with van der Waals surface area (Å²) in [4.78, 5) is 39.6. The monoisotopic (exact) mass is 448 g/mol. The van der Waals surface area contributed by atoms with Crippen LogP contribution in [0.15, 0.2) is 65.1 Å². The Labute approximate surface area is 176 Å². The minimum atomic E-state index is -1.49. The number of benzene rings is 3. The second-order valence-electron chi connectivity index (χ2n) is 7.92. The predicted molar refractivity (Wildman–Crippen MR) is 112 cm³/mol. The van der Waals surface area contributed by atoms with Gasteiger partial charge in [-0.05, 0) is 35.9 Å². The van der Waals surface area contributed by atoms with Gasteiger partial charge in [0.05, 0.1) is 5.41 Å². The third-order valence-electron chi connectivity index (χ3n) is 6.62. The number of rotatable bonds is 3. The van der Waals surface area contributed by atoms with Gasteiger partial charge in [-0.1, -0.05) is 65.3 Å². The fourth-order valence-electron chi connectivity index (χ4n) is 5.22. The number of Topliss-reactive ketones (excluding diaryl/α,β-unsaturated/α-hetero) is 2. The molecule has 1 fully saturated rings. The van der Waals surface area contributed by atoms with Gasteiger partial charge in [0.15, 0.2) is 5.78 Å². The van der Waals surface area contributed by atoms with E-state index in [-0.39, 0.29) is 11.6 Å². The van der Waals surface area contributed by atoms with Gasteiger partial charge in [-0.15, -0.1) is 0 Å². The summed E-state index contributed by atoms with van der Waals surface area (Å²) in [7, 11) is 0. The lowest BCUT2D eigenvalue weighted by molar-refractivity contribution is -0.147. The zero-order valence-electron chi connectivity index (χ0n) is 15.9. The van der Waals surface area contributed by atoms with Gasteiger partial charge in [-0.2, -0.15) is 0 Å². The molecule has 0 radical (unpaired) electrons. The maximum absolute atomic E-state index is 13.6. The van der Waals surface area contributed by atoms with E-state index in [1.165, 1.54) is 6.92 Å². The summed E-state index contributed by atoms with van der Waals surface area (Å²) in [6.07, 6.45) is 0. The van der Waals surface area contributed by atoms with Crippen LogP contribution in [0.3, 0.4) is 0 Å². The van der Waals surface area contributed by atoms with E-state index < -0.39 is 22.7 Å². The second kappa shape index (κ2) is 5.86. The van der Waals surface area contributed by atoms with Gasteiger partial charge in [0, 0.05) is 21.5 Å². The smallest absolute Gasteiger partial charge is 0.326 e. The lowest BCUT2D eigenvalue weighted by Crippen LogP contribution is -2.37. The number of ketones is 2. The molecule has 0 unspecified atom stereocenters. The topological polar surface area (TPSA) is 60.4 Å². The first-order chi connectivity index (χ1) is 13.8. The highest BCUT2D eigenvalue weighted by atomic mass is 79.9. The quantitative estimate of drug-likeness (QED) is 0.242. The van der Waals surface area contributed by atoms with Crippen molar-refractivity contribution >= 4 is 44.2 Å². The molecule has 144 valence electrons. The lowest BCUT2D eigenvalue weighted by Gasteiger charge is -2.22. The molecule has 0 spiro atoms. The van der Waals surface area contributed by atoms with Crippen LogP contribution in [0.4, 0.5) is 0 Å². The molecule has 2 aliphatic rings. The van der Waals surface area contributed by atoms with Crippen molar-refractivity contribution in [2.75, 3.05) is 0 Å². The van der Waals surface area contributed by atoms with Gasteiger partial charge in [0.1, 0.15) is 16.9 Å². The fourth-order valence-corrected chi connectivity index (χ4v) is 5.49. The molecule has 0 saturated heterocycles. The van der Waals surface area contributed by atoms with Crippen molar-refractivity contribution in [1.82, 2.24) is 0 Å². The number of fused-ring (bicyclic) bond motifs is 5. The number of carbonyl (C=O) groups excluding carboxylic acids is 3. The van der Waals surface area contributed by atoms with Crippen LogP contribution < -0.4 is 4.74 Å². The van der Waals surface area contributed by atoms with Crippen molar-refractivity contribution in [3.8, 4) is 5.75 Å². The molecule has 29 heavy (non-hydrogen) atoms. The molecule has 5 rings (SSSR count). The standard InChI is InChI=1S/C24H17BrO4/c1-13(26)24-20(23(24,2)21(27)15-7-10-16(25)11-8-15)19-17-6-4-3-5-14(17)9-12-18(19)29-22(24)28/h3-12,20H,1-2H3/t20-,23-,24+/m0/s1. The Morgan fingerprint density at radius 1 is 1.00 bits per heavy atom. The highest BCUT2D eigenvalue weighted by Gasteiger charge is 2.86. The Kier molecular flexibility index (Phi) is 3.69. The highest BCUT2D eigenvalue weighted by molar-refractivity contribution is 9.10. The minimum absolute atomic E-state index is 0.220. The molecule has 0 aromatic heterocycles. The number of halogens is 1. The van der Waals surface area contributed by atoms with Gasteiger partial charge in [0.2, 0.25) is 0 Å². The summed E-state index contributed by atoms with van der Waals surface area (Å²) in [5.41, 5.74) is -1.45. The first kappa shape index (κ1) is 18.3. The maximum Gasteiger partial charge on any atom is 0.326 e. The van der Waals surface area contributed by atoms with E-state index in [1.54, 1.807) is 37.3 Å². The Morgan fingerprint density at radius 3 is 2.38 bits per heavy atom. The third kappa shape index (κ3) is 2.11. The molecule has 3 aromatic rings. The van der Waals surface area contributed by atoms with Crippen molar-refractivity contribution in [2.45, 2.75) is 19.8 Å².